The monoisotopic (exact) mass is 328 g/mol. The minimum atomic E-state index is 0.213. The molecule has 0 N–H and O–H groups in total. The third-order valence-electron chi connectivity index (χ3n) is 4.52. The lowest BCUT2D eigenvalue weighted by Gasteiger charge is -2.21. The third-order valence-corrected chi connectivity index (χ3v) is 5.50. The Morgan fingerprint density at radius 3 is 2.74 bits per heavy atom. The summed E-state index contributed by atoms with van der Waals surface area (Å²) in [5.74, 6) is 0.777. The zero-order valence-electron chi connectivity index (χ0n) is 13.9. The fraction of sp³-hybridized carbons (Fsp3) is 0.421. The van der Waals surface area contributed by atoms with Gasteiger partial charge in [0.2, 0.25) is 5.91 Å². The van der Waals surface area contributed by atoms with Crippen molar-refractivity contribution in [1.29, 1.82) is 0 Å². The minimum Gasteiger partial charge on any atom is -0.340 e. The number of hydrogen-bond acceptors (Lipinski definition) is 3. The molecule has 0 saturated carbocycles. The molecule has 1 saturated heterocycles. The van der Waals surface area contributed by atoms with Crippen LogP contribution in [0.3, 0.4) is 0 Å². The second kappa shape index (κ2) is 7.28. The Kier molecular flexibility index (Phi) is 5.13. The second-order valence-electron chi connectivity index (χ2n) is 6.39. The Labute approximate surface area is 142 Å². The third kappa shape index (κ3) is 4.21. The quantitative estimate of drug-likeness (QED) is 0.838. The molecule has 1 fully saturated rings. The molecule has 3 rings (SSSR count). The number of carbonyl (C=O) groups is 1. The van der Waals surface area contributed by atoms with Gasteiger partial charge in [0.05, 0.1) is 13.1 Å². The summed E-state index contributed by atoms with van der Waals surface area (Å²) in [5, 5.41) is 0. The molecular weight excluding hydrogens is 304 g/mol. The molecule has 0 radical (unpaired) electrons. The molecule has 0 aliphatic carbocycles. The van der Waals surface area contributed by atoms with Crippen molar-refractivity contribution in [3.8, 4) is 0 Å². The van der Waals surface area contributed by atoms with E-state index in [1.54, 1.807) is 11.3 Å². The van der Waals surface area contributed by atoms with Crippen molar-refractivity contribution in [2.45, 2.75) is 25.8 Å². The van der Waals surface area contributed by atoms with E-state index in [0.717, 1.165) is 19.5 Å². The van der Waals surface area contributed by atoms with Gasteiger partial charge in [-0.1, -0.05) is 30.3 Å². The van der Waals surface area contributed by atoms with Gasteiger partial charge in [0, 0.05) is 23.3 Å². The van der Waals surface area contributed by atoms with Gasteiger partial charge in [-0.15, -0.1) is 11.3 Å². The highest BCUT2D eigenvalue weighted by Gasteiger charge is 2.26. The number of amides is 1. The number of carbonyl (C=O) groups excluding carboxylic acids is 1. The van der Waals surface area contributed by atoms with Crippen LogP contribution in [-0.4, -0.2) is 42.4 Å². The van der Waals surface area contributed by atoms with Gasteiger partial charge in [0.15, 0.2) is 0 Å². The van der Waals surface area contributed by atoms with Crippen LogP contribution in [0.25, 0.3) is 0 Å². The maximum absolute atomic E-state index is 12.4. The Bertz CT molecular complexity index is 652. The van der Waals surface area contributed by atoms with Gasteiger partial charge in [0.1, 0.15) is 0 Å². The summed E-state index contributed by atoms with van der Waals surface area (Å²) >= 11 is 1.77. The molecule has 4 heteroatoms. The van der Waals surface area contributed by atoms with Gasteiger partial charge in [-0.3, -0.25) is 9.69 Å². The van der Waals surface area contributed by atoms with Crippen molar-refractivity contribution >= 4 is 17.2 Å². The van der Waals surface area contributed by atoms with Crippen LogP contribution in [0.4, 0.5) is 0 Å². The fourth-order valence-electron chi connectivity index (χ4n) is 3.18. The van der Waals surface area contributed by atoms with E-state index < -0.39 is 0 Å². The number of rotatable bonds is 5. The van der Waals surface area contributed by atoms with Crippen LogP contribution in [0.15, 0.2) is 42.5 Å². The van der Waals surface area contributed by atoms with Crippen molar-refractivity contribution in [3.63, 3.8) is 0 Å². The van der Waals surface area contributed by atoms with Gasteiger partial charge >= 0.3 is 0 Å². The Morgan fingerprint density at radius 2 is 2.04 bits per heavy atom. The van der Waals surface area contributed by atoms with Crippen LogP contribution in [0.2, 0.25) is 0 Å². The number of thiophene rings is 1. The lowest BCUT2D eigenvalue weighted by atomic mass is 9.99. The van der Waals surface area contributed by atoms with Crippen LogP contribution in [0.1, 0.15) is 27.7 Å². The van der Waals surface area contributed by atoms with Crippen LogP contribution in [-0.2, 0) is 11.3 Å². The highest BCUT2D eigenvalue weighted by Crippen LogP contribution is 2.26. The number of hydrogen-bond donors (Lipinski definition) is 0. The summed E-state index contributed by atoms with van der Waals surface area (Å²) in [5.41, 5.74) is 1.39. The number of benzene rings is 1. The van der Waals surface area contributed by atoms with Crippen molar-refractivity contribution in [1.82, 2.24) is 9.80 Å². The first kappa shape index (κ1) is 16.2. The number of likely N-dealkylation sites (N-methyl/N-ethyl adjacent to an activating group) is 1. The molecule has 1 atom stereocenters. The van der Waals surface area contributed by atoms with E-state index in [2.05, 4.69) is 54.3 Å². The van der Waals surface area contributed by atoms with E-state index in [4.69, 9.17) is 0 Å². The smallest absolute Gasteiger partial charge is 0.236 e. The summed E-state index contributed by atoms with van der Waals surface area (Å²) in [7, 11) is 1.90. The summed E-state index contributed by atoms with van der Waals surface area (Å²) in [4.78, 5) is 19.1. The van der Waals surface area contributed by atoms with E-state index in [1.807, 2.05) is 11.9 Å². The van der Waals surface area contributed by atoms with Gasteiger partial charge < -0.3 is 4.90 Å². The van der Waals surface area contributed by atoms with Crippen molar-refractivity contribution in [3.05, 3.63) is 57.8 Å². The number of aryl methyl sites for hydroxylation is 1. The first-order chi connectivity index (χ1) is 11.1. The minimum absolute atomic E-state index is 0.213. The molecule has 1 aromatic heterocycles. The molecule has 3 nitrogen and oxygen atoms in total. The highest BCUT2D eigenvalue weighted by atomic mass is 32.1. The summed E-state index contributed by atoms with van der Waals surface area (Å²) < 4.78 is 0. The summed E-state index contributed by atoms with van der Waals surface area (Å²) in [6.45, 7) is 5.35. The Hall–Kier alpha value is -1.65. The van der Waals surface area contributed by atoms with Gasteiger partial charge in [0.25, 0.3) is 0 Å². The maximum Gasteiger partial charge on any atom is 0.236 e. The molecule has 2 aromatic rings. The van der Waals surface area contributed by atoms with Crippen molar-refractivity contribution < 1.29 is 4.79 Å². The molecule has 0 spiro atoms. The van der Waals surface area contributed by atoms with E-state index in [-0.39, 0.29) is 5.91 Å². The SMILES string of the molecule is Cc1ccc(CN(C)C(=O)CN2CCC(c3ccccc3)C2)s1. The van der Waals surface area contributed by atoms with Crippen LogP contribution < -0.4 is 0 Å². The topological polar surface area (TPSA) is 23.6 Å². The second-order valence-corrected chi connectivity index (χ2v) is 7.77. The lowest BCUT2D eigenvalue weighted by molar-refractivity contribution is -0.131. The summed E-state index contributed by atoms with van der Waals surface area (Å²) in [6.07, 6.45) is 1.14. The van der Waals surface area contributed by atoms with E-state index in [9.17, 15) is 4.79 Å². The van der Waals surface area contributed by atoms with Crippen LogP contribution in [0.5, 0.6) is 0 Å². The predicted octanol–water partition coefficient (Wildman–Crippen LogP) is 3.50. The first-order valence-corrected chi connectivity index (χ1v) is 9.00. The molecular formula is C19H24N2OS. The van der Waals surface area contributed by atoms with Crippen LogP contribution >= 0.6 is 11.3 Å². The van der Waals surface area contributed by atoms with Gasteiger partial charge in [-0.05, 0) is 43.5 Å². The fourth-order valence-corrected chi connectivity index (χ4v) is 4.12. The molecule has 1 aliphatic heterocycles. The average molecular weight is 328 g/mol. The molecule has 23 heavy (non-hydrogen) atoms. The van der Waals surface area contributed by atoms with E-state index >= 15 is 0 Å². The van der Waals surface area contributed by atoms with Crippen LogP contribution in [0, 0.1) is 6.92 Å². The predicted molar refractivity (Wildman–Crippen MR) is 95.8 cm³/mol. The zero-order chi connectivity index (χ0) is 16.2. The zero-order valence-corrected chi connectivity index (χ0v) is 14.7. The normalized spacial score (nSPS) is 18.3. The largest absolute Gasteiger partial charge is 0.340 e. The lowest BCUT2D eigenvalue weighted by Crippen LogP contribution is -2.36. The maximum atomic E-state index is 12.4. The molecule has 2 heterocycles. The standard InChI is InChI=1S/C19H24N2OS/c1-15-8-9-18(23-15)13-20(2)19(22)14-21-11-10-17(12-21)16-6-4-3-5-7-16/h3-9,17H,10-14H2,1-2H3. The molecule has 1 aromatic carbocycles. The van der Waals surface area contributed by atoms with Crippen molar-refractivity contribution in [2.24, 2.45) is 0 Å². The highest BCUT2D eigenvalue weighted by molar-refractivity contribution is 7.11. The molecule has 1 unspecified atom stereocenters. The van der Waals surface area contributed by atoms with Crippen molar-refractivity contribution in [2.75, 3.05) is 26.7 Å². The Morgan fingerprint density at radius 1 is 1.26 bits per heavy atom. The summed E-state index contributed by atoms with van der Waals surface area (Å²) in [6, 6.07) is 14.9. The number of nitrogens with zero attached hydrogens (tertiary/aromatic N) is 2. The molecule has 122 valence electrons. The number of likely N-dealkylation sites (tertiary alicyclic amines) is 1. The molecule has 1 amide bonds. The first-order valence-electron chi connectivity index (χ1n) is 8.18. The van der Waals surface area contributed by atoms with E-state index in [1.165, 1.54) is 15.3 Å². The van der Waals surface area contributed by atoms with Gasteiger partial charge in [-0.2, -0.15) is 0 Å². The van der Waals surface area contributed by atoms with Gasteiger partial charge in [-0.25, -0.2) is 0 Å². The van der Waals surface area contributed by atoms with E-state index in [0.29, 0.717) is 19.0 Å². The average Bonchev–Trinajstić information content (AvgIpc) is 3.17. The Balaban J connectivity index is 1.50. The molecule has 0 bridgehead atoms. The molecule has 1 aliphatic rings.